The van der Waals surface area contributed by atoms with E-state index in [1.54, 1.807) is 0 Å². The lowest BCUT2D eigenvalue weighted by molar-refractivity contribution is -0.139. The zero-order valence-corrected chi connectivity index (χ0v) is 10.1. The second kappa shape index (κ2) is 4.88. The van der Waals surface area contributed by atoms with Crippen LogP contribution in [0.1, 0.15) is 37.8 Å². The molecule has 0 spiro atoms. The van der Waals surface area contributed by atoms with Gasteiger partial charge in [-0.2, -0.15) is 0 Å². The third-order valence-corrected chi connectivity index (χ3v) is 3.77. The van der Waals surface area contributed by atoms with E-state index >= 15 is 0 Å². The molecule has 0 aromatic heterocycles. The summed E-state index contributed by atoms with van der Waals surface area (Å²) in [5.74, 6) is -0.803. The Kier molecular flexibility index (Phi) is 3.48. The standard InChI is InChI=1S/C14H19NO2/c1-2-14(8-9-14)10-15-12(13(16)17)11-6-4-3-5-7-11/h3-7,12,15H,2,8-10H2,1H3,(H,16,17). The molecule has 3 heteroatoms. The molecule has 1 unspecified atom stereocenters. The Hall–Kier alpha value is -1.35. The van der Waals surface area contributed by atoms with Crippen LogP contribution in [0.4, 0.5) is 0 Å². The molecule has 1 fully saturated rings. The lowest BCUT2D eigenvalue weighted by Gasteiger charge is -2.19. The Labute approximate surface area is 102 Å². The molecule has 1 aromatic carbocycles. The van der Waals surface area contributed by atoms with Gasteiger partial charge < -0.3 is 10.4 Å². The van der Waals surface area contributed by atoms with Crippen molar-refractivity contribution in [3.8, 4) is 0 Å². The molecule has 1 aromatic rings. The topological polar surface area (TPSA) is 49.3 Å². The third kappa shape index (κ3) is 2.86. The molecule has 0 bridgehead atoms. The van der Waals surface area contributed by atoms with Crippen LogP contribution in [-0.2, 0) is 4.79 Å². The summed E-state index contributed by atoms with van der Waals surface area (Å²) in [7, 11) is 0. The Balaban J connectivity index is 2.01. The summed E-state index contributed by atoms with van der Waals surface area (Å²) >= 11 is 0. The molecule has 3 nitrogen and oxygen atoms in total. The van der Waals surface area contributed by atoms with Gasteiger partial charge in [-0.05, 0) is 30.2 Å². The van der Waals surface area contributed by atoms with Crippen molar-refractivity contribution >= 4 is 5.97 Å². The van der Waals surface area contributed by atoms with Crippen LogP contribution in [0.5, 0.6) is 0 Å². The summed E-state index contributed by atoms with van der Waals surface area (Å²) in [6, 6.07) is 8.78. The summed E-state index contributed by atoms with van der Waals surface area (Å²) in [5.41, 5.74) is 1.19. The van der Waals surface area contributed by atoms with Crippen LogP contribution in [0.15, 0.2) is 30.3 Å². The highest BCUT2D eigenvalue weighted by Gasteiger charge is 2.41. The first kappa shape index (κ1) is 12.1. The fraction of sp³-hybridized carbons (Fsp3) is 0.500. The Morgan fingerprint density at radius 2 is 2.06 bits per heavy atom. The number of aliphatic carboxylic acids is 1. The van der Waals surface area contributed by atoms with Gasteiger partial charge in [0.25, 0.3) is 0 Å². The van der Waals surface area contributed by atoms with E-state index in [9.17, 15) is 9.90 Å². The average molecular weight is 233 g/mol. The molecule has 0 heterocycles. The first-order chi connectivity index (χ1) is 8.17. The number of carboxylic acids is 1. The molecule has 0 saturated heterocycles. The normalized spacial score (nSPS) is 18.6. The minimum absolute atomic E-state index is 0.364. The quantitative estimate of drug-likeness (QED) is 0.794. The van der Waals surface area contributed by atoms with Gasteiger partial charge in [-0.1, -0.05) is 37.3 Å². The summed E-state index contributed by atoms with van der Waals surface area (Å²) in [4.78, 5) is 11.3. The molecule has 1 aliphatic carbocycles. The zero-order chi connectivity index (χ0) is 12.3. The van der Waals surface area contributed by atoms with Crippen molar-refractivity contribution in [1.29, 1.82) is 0 Å². The van der Waals surface area contributed by atoms with Crippen LogP contribution in [0.2, 0.25) is 0 Å². The number of nitrogens with one attached hydrogen (secondary N) is 1. The number of benzene rings is 1. The van der Waals surface area contributed by atoms with Crippen molar-refractivity contribution in [1.82, 2.24) is 5.32 Å². The third-order valence-electron chi connectivity index (χ3n) is 3.77. The van der Waals surface area contributed by atoms with E-state index in [1.807, 2.05) is 30.3 Å². The van der Waals surface area contributed by atoms with Gasteiger partial charge in [-0.25, -0.2) is 0 Å². The molecule has 0 radical (unpaired) electrons. The van der Waals surface area contributed by atoms with Gasteiger partial charge in [-0.15, -0.1) is 0 Å². The van der Waals surface area contributed by atoms with Crippen LogP contribution < -0.4 is 5.32 Å². The number of hydrogen-bond donors (Lipinski definition) is 2. The number of carbonyl (C=O) groups is 1. The largest absolute Gasteiger partial charge is 0.480 e. The van der Waals surface area contributed by atoms with Gasteiger partial charge >= 0.3 is 5.97 Å². The minimum atomic E-state index is -0.803. The summed E-state index contributed by atoms with van der Waals surface area (Å²) < 4.78 is 0. The average Bonchev–Trinajstić information content (AvgIpc) is 3.11. The van der Waals surface area contributed by atoms with Crippen molar-refractivity contribution in [2.24, 2.45) is 5.41 Å². The van der Waals surface area contributed by atoms with E-state index in [2.05, 4.69) is 12.2 Å². The highest BCUT2D eigenvalue weighted by molar-refractivity contribution is 5.75. The fourth-order valence-electron chi connectivity index (χ4n) is 2.14. The Morgan fingerprint density at radius 1 is 1.41 bits per heavy atom. The van der Waals surface area contributed by atoms with Crippen molar-refractivity contribution < 1.29 is 9.90 Å². The Morgan fingerprint density at radius 3 is 2.53 bits per heavy atom. The lowest BCUT2D eigenvalue weighted by atomic mass is 10.0. The first-order valence-corrected chi connectivity index (χ1v) is 6.18. The van der Waals surface area contributed by atoms with Crippen LogP contribution >= 0.6 is 0 Å². The predicted octanol–water partition coefficient (Wildman–Crippen LogP) is 2.59. The second-order valence-corrected chi connectivity index (χ2v) is 4.92. The molecule has 92 valence electrons. The van der Waals surface area contributed by atoms with Crippen molar-refractivity contribution in [2.75, 3.05) is 6.54 Å². The monoisotopic (exact) mass is 233 g/mol. The molecular formula is C14H19NO2. The minimum Gasteiger partial charge on any atom is -0.480 e. The lowest BCUT2D eigenvalue weighted by Crippen LogP contribution is -2.33. The summed E-state index contributed by atoms with van der Waals surface area (Å²) in [6.07, 6.45) is 3.57. The number of hydrogen-bond acceptors (Lipinski definition) is 2. The van der Waals surface area contributed by atoms with E-state index in [0.29, 0.717) is 5.41 Å². The van der Waals surface area contributed by atoms with E-state index in [-0.39, 0.29) is 0 Å². The zero-order valence-electron chi connectivity index (χ0n) is 10.1. The van der Waals surface area contributed by atoms with E-state index in [0.717, 1.165) is 18.5 Å². The Bertz CT molecular complexity index is 384. The summed E-state index contributed by atoms with van der Waals surface area (Å²) in [6.45, 7) is 2.97. The SMILES string of the molecule is CCC1(CNC(C(=O)O)c2ccccc2)CC1. The maximum Gasteiger partial charge on any atom is 0.325 e. The maximum atomic E-state index is 11.3. The van der Waals surface area contributed by atoms with Gasteiger partial charge in [0.15, 0.2) is 0 Å². The van der Waals surface area contributed by atoms with Gasteiger partial charge in [0.1, 0.15) is 6.04 Å². The van der Waals surface area contributed by atoms with Crippen molar-refractivity contribution in [3.05, 3.63) is 35.9 Å². The molecule has 0 amide bonds. The highest BCUT2D eigenvalue weighted by atomic mass is 16.4. The first-order valence-electron chi connectivity index (χ1n) is 6.18. The number of carboxylic acid groups (broad SMARTS) is 1. The molecule has 2 N–H and O–H groups in total. The fourth-order valence-corrected chi connectivity index (χ4v) is 2.14. The van der Waals surface area contributed by atoms with E-state index < -0.39 is 12.0 Å². The molecule has 17 heavy (non-hydrogen) atoms. The molecule has 0 aliphatic heterocycles. The molecular weight excluding hydrogens is 214 g/mol. The van der Waals surface area contributed by atoms with Gasteiger partial charge in [-0.3, -0.25) is 4.79 Å². The van der Waals surface area contributed by atoms with Gasteiger partial charge in [0, 0.05) is 6.54 Å². The predicted molar refractivity (Wildman–Crippen MR) is 66.8 cm³/mol. The highest BCUT2D eigenvalue weighted by Crippen LogP contribution is 2.48. The van der Waals surface area contributed by atoms with Crippen LogP contribution in [-0.4, -0.2) is 17.6 Å². The van der Waals surface area contributed by atoms with Crippen LogP contribution in [0.25, 0.3) is 0 Å². The van der Waals surface area contributed by atoms with Crippen LogP contribution in [0.3, 0.4) is 0 Å². The van der Waals surface area contributed by atoms with Gasteiger partial charge in [0.05, 0.1) is 0 Å². The van der Waals surface area contributed by atoms with E-state index in [4.69, 9.17) is 0 Å². The molecule has 1 atom stereocenters. The van der Waals surface area contributed by atoms with Crippen molar-refractivity contribution in [2.45, 2.75) is 32.2 Å². The van der Waals surface area contributed by atoms with Gasteiger partial charge in [0.2, 0.25) is 0 Å². The van der Waals surface area contributed by atoms with Crippen LogP contribution in [0, 0.1) is 5.41 Å². The number of rotatable bonds is 6. The smallest absolute Gasteiger partial charge is 0.325 e. The van der Waals surface area contributed by atoms with E-state index in [1.165, 1.54) is 12.8 Å². The second-order valence-electron chi connectivity index (χ2n) is 4.92. The molecule has 2 rings (SSSR count). The molecule has 1 saturated carbocycles. The van der Waals surface area contributed by atoms with Crippen molar-refractivity contribution in [3.63, 3.8) is 0 Å². The maximum absolute atomic E-state index is 11.3. The molecule has 1 aliphatic rings. The summed E-state index contributed by atoms with van der Waals surface area (Å²) in [5, 5.41) is 12.4.